The molecule has 1 aliphatic carbocycles. The van der Waals surface area contributed by atoms with Crippen molar-refractivity contribution in [2.45, 2.75) is 0 Å². The van der Waals surface area contributed by atoms with Crippen LogP contribution in [-0.2, 0) is 9.53 Å². The van der Waals surface area contributed by atoms with E-state index in [0.29, 0.717) is 57.2 Å². The first-order valence-corrected chi connectivity index (χ1v) is 16.5. The quantitative estimate of drug-likeness (QED) is 0.114. The van der Waals surface area contributed by atoms with E-state index in [-0.39, 0.29) is 22.7 Å². The van der Waals surface area contributed by atoms with E-state index in [1.165, 1.54) is 0 Å². The number of benzene rings is 4. The Bertz CT molecular complexity index is 2230. The summed E-state index contributed by atoms with van der Waals surface area (Å²) in [6.07, 6.45) is 6.93. The van der Waals surface area contributed by atoms with Crippen LogP contribution in [0, 0.1) is 0 Å². The minimum Gasteiger partial charge on any atom is -0.506 e. The molecule has 0 fully saturated rings. The largest absolute Gasteiger partial charge is 0.506 e. The van der Waals surface area contributed by atoms with Gasteiger partial charge >= 0.3 is 11.5 Å². The van der Waals surface area contributed by atoms with Gasteiger partial charge in [0.05, 0.1) is 62.8 Å². The van der Waals surface area contributed by atoms with Crippen molar-refractivity contribution in [3.05, 3.63) is 167 Å². The molecule has 52 heavy (non-hydrogen) atoms. The van der Waals surface area contributed by atoms with Gasteiger partial charge in [-0.25, -0.2) is 4.42 Å². The van der Waals surface area contributed by atoms with Gasteiger partial charge in [-0.2, -0.15) is 0 Å². The van der Waals surface area contributed by atoms with Gasteiger partial charge in [0, 0.05) is 0 Å². The number of Topliss-reactive ketones (excluding diaryl/α,β-unsaturated/α-hetero) is 1. The summed E-state index contributed by atoms with van der Waals surface area (Å²) in [5, 5.41) is 11.4. The van der Waals surface area contributed by atoms with E-state index in [9.17, 15) is 9.90 Å². The standard InChI is InChI=1S/C44H34O8/c1-47-35-17-9-5-13-29(35)39-23-27(24-40(51-39)30-14-6-10-18-36(30)48-2)21-33-43(45)34(44(33)46)22-28-25-41(31-15-7-11-19-37(31)49-3)52-42(26-28)32-16-8-12-20-38(32)50-4/h5-26H,1-4H3/p+1. The van der Waals surface area contributed by atoms with Crippen molar-refractivity contribution in [2.24, 2.45) is 0 Å². The lowest BCUT2D eigenvalue weighted by Crippen LogP contribution is -2.21. The van der Waals surface area contributed by atoms with Gasteiger partial charge in [-0.05, 0) is 84.0 Å². The van der Waals surface area contributed by atoms with Gasteiger partial charge < -0.3 is 28.8 Å². The van der Waals surface area contributed by atoms with Crippen LogP contribution in [0.5, 0.6) is 23.0 Å². The highest BCUT2D eigenvalue weighted by molar-refractivity contribution is 6.23. The number of rotatable bonds is 10. The molecule has 2 heterocycles. The lowest BCUT2D eigenvalue weighted by Gasteiger charge is -2.23. The minimum absolute atomic E-state index is 0.123. The number of aliphatic hydroxyl groups excluding tert-OH is 1. The highest BCUT2D eigenvalue weighted by Crippen LogP contribution is 2.41. The Morgan fingerprint density at radius 1 is 0.577 bits per heavy atom. The number of ketones is 1. The second kappa shape index (κ2) is 14.6. The van der Waals surface area contributed by atoms with Crippen LogP contribution in [0.2, 0.25) is 0 Å². The van der Waals surface area contributed by atoms with Gasteiger partial charge in [0.2, 0.25) is 5.78 Å². The predicted molar refractivity (Wildman–Crippen MR) is 201 cm³/mol. The first kappa shape index (κ1) is 33.7. The van der Waals surface area contributed by atoms with E-state index in [4.69, 9.17) is 28.1 Å². The van der Waals surface area contributed by atoms with E-state index < -0.39 is 0 Å². The Morgan fingerprint density at radius 3 is 1.40 bits per heavy atom. The number of para-hydroxylation sites is 4. The maximum atomic E-state index is 13.8. The van der Waals surface area contributed by atoms with Crippen molar-refractivity contribution in [3.8, 4) is 45.6 Å². The molecule has 7 rings (SSSR count). The number of hydrogen-bond acceptors (Lipinski definition) is 7. The third-order valence-corrected chi connectivity index (χ3v) is 8.74. The molecular weight excluding hydrogens is 656 g/mol. The Morgan fingerprint density at radius 2 is 0.981 bits per heavy atom. The van der Waals surface area contributed by atoms with Crippen LogP contribution in [0.1, 0.15) is 16.7 Å². The molecule has 1 N–H and O–H groups in total. The Balaban J connectivity index is 1.33. The molecule has 0 amide bonds. The maximum Gasteiger partial charge on any atom is 0.365 e. The van der Waals surface area contributed by atoms with Crippen molar-refractivity contribution < 1.29 is 38.0 Å². The maximum absolute atomic E-state index is 13.8. The summed E-state index contributed by atoms with van der Waals surface area (Å²) in [4.78, 5) is 13.8. The summed E-state index contributed by atoms with van der Waals surface area (Å²) in [5.41, 5.74) is 4.51. The van der Waals surface area contributed by atoms with Gasteiger partial charge in [-0.3, -0.25) is 4.79 Å². The van der Waals surface area contributed by atoms with Gasteiger partial charge in [0.25, 0.3) is 0 Å². The number of carbonyl (C=O) groups is 1. The molecule has 0 spiro atoms. The average Bonchev–Trinajstić information content (AvgIpc) is 3.21. The van der Waals surface area contributed by atoms with Gasteiger partial charge in [0.15, 0.2) is 0 Å². The van der Waals surface area contributed by atoms with E-state index in [1.807, 2.05) is 121 Å². The molecule has 0 atom stereocenters. The SMILES string of the molecule is COc1ccccc1C1=CC(=CC2=C(O)C(=Cc3cc(-c4ccccc4OC)[o+]c(-c4ccccc4OC)c3)C2=O)C=C(c2ccccc2OC)O1. The van der Waals surface area contributed by atoms with Crippen LogP contribution in [0.15, 0.2) is 154 Å². The summed E-state index contributed by atoms with van der Waals surface area (Å²) in [6, 6.07) is 33.7. The highest BCUT2D eigenvalue weighted by Gasteiger charge is 2.34. The van der Waals surface area contributed by atoms with Crippen LogP contribution in [-0.4, -0.2) is 39.3 Å². The smallest absolute Gasteiger partial charge is 0.365 e. The average molecular weight is 692 g/mol. The normalized spacial score (nSPS) is 14.6. The lowest BCUT2D eigenvalue weighted by atomic mass is 9.85. The second-order valence-corrected chi connectivity index (χ2v) is 11.8. The lowest BCUT2D eigenvalue weighted by molar-refractivity contribution is -0.113. The zero-order chi connectivity index (χ0) is 36.2. The fourth-order valence-electron chi connectivity index (χ4n) is 6.18. The van der Waals surface area contributed by atoms with Crippen molar-refractivity contribution in [3.63, 3.8) is 0 Å². The molecule has 2 aliphatic rings. The second-order valence-electron chi connectivity index (χ2n) is 11.8. The molecule has 0 unspecified atom stereocenters. The van der Waals surface area contributed by atoms with Crippen molar-refractivity contribution in [1.29, 1.82) is 0 Å². The van der Waals surface area contributed by atoms with Crippen LogP contribution >= 0.6 is 0 Å². The van der Waals surface area contributed by atoms with Crippen LogP contribution in [0.25, 0.3) is 40.2 Å². The molecule has 0 radical (unpaired) electrons. The molecular formula is C44H35O8+. The van der Waals surface area contributed by atoms with Crippen LogP contribution in [0.4, 0.5) is 0 Å². The molecule has 0 saturated heterocycles. The fourth-order valence-corrected chi connectivity index (χ4v) is 6.18. The van der Waals surface area contributed by atoms with Crippen molar-refractivity contribution >= 4 is 23.4 Å². The first-order chi connectivity index (χ1) is 25.4. The first-order valence-electron chi connectivity index (χ1n) is 16.5. The van der Waals surface area contributed by atoms with Gasteiger partial charge in [0.1, 0.15) is 51.4 Å². The summed E-state index contributed by atoms with van der Waals surface area (Å²) in [5.74, 6) is 4.09. The molecule has 0 saturated carbocycles. The van der Waals surface area contributed by atoms with Crippen molar-refractivity contribution in [2.75, 3.05) is 28.4 Å². The Kier molecular flexibility index (Phi) is 9.45. The molecule has 1 aliphatic heterocycles. The Hall–Kier alpha value is -6.80. The van der Waals surface area contributed by atoms with E-state index in [2.05, 4.69) is 0 Å². The molecule has 4 aromatic carbocycles. The number of ether oxygens (including phenoxy) is 5. The monoisotopic (exact) mass is 691 g/mol. The zero-order valence-corrected chi connectivity index (χ0v) is 29.0. The molecule has 1 aromatic heterocycles. The Labute approximate surface area is 301 Å². The van der Waals surface area contributed by atoms with Crippen molar-refractivity contribution in [1.82, 2.24) is 0 Å². The number of methoxy groups -OCH3 is 4. The van der Waals surface area contributed by atoms with Gasteiger partial charge in [-0.15, -0.1) is 0 Å². The van der Waals surface area contributed by atoms with Crippen LogP contribution in [0.3, 0.4) is 0 Å². The summed E-state index contributed by atoms with van der Waals surface area (Å²) < 4.78 is 35.3. The summed E-state index contributed by atoms with van der Waals surface area (Å²) in [7, 11) is 6.39. The summed E-state index contributed by atoms with van der Waals surface area (Å²) >= 11 is 0. The minimum atomic E-state index is -0.311. The topological polar surface area (TPSA) is 94.8 Å². The molecule has 0 bridgehead atoms. The fraction of sp³-hybridized carbons (Fsp3) is 0.0909. The predicted octanol–water partition coefficient (Wildman–Crippen LogP) is 9.75. The zero-order valence-electron chi connectivity index (χ0n) is 29.0. The highest BCUT2D eigenvalue weighted by atomic mass is 16.5. The number of carbonyl (C=O) groups excluding carboxylic acids is 1. The van der Waals surface area contributed by atoms with E-state index in [0.717, 1.165) is 22.3 Å². The van der Waals surface area contributed by atoms with Crippen LogP contribution < -0.4 is 18.9 Å². The third-order valence-electron chi connectivity index (χ3n) is 8.74. The number of aliphatic hydroxyl groups is 1. The van der Waals surface area contributed by atoms with E-state index in [1.54, 1.807) is 40.6 Å². The molecule has 8 nitrogen and oxygen atoms in total. The third kappa shape index (κ3) is 6.45. The molecule has 258 valence electrons. The molecule has 8 heteroatoms. The van der Waals surface area contributed by atoms with E-state index >= 15 is 0 Å². The number of hydrogen-bond donors (Lipinski definition) is 1. The van der Waals surface area contributed by atoms with Gasteiger partial charge in [-0.1, -0.05) is 48.5 Å². The number of allylic oxidation sites excluding steroid dienone is 6. The summed E-state index contributed by atoms with van der Waals surface area (Å²) in [6.45, 7) is 0. The molecule has 5 aromatic rings.